The van der Waals surface area contributed by atoms with E-state index in [9.17, 15) is 0 Å². The lowest BCUT2D eigenvalue weighted by molar-refractivity contribution is 1.14. The summed E-state index contributed by atoms with van der Waals surface area (Å²) in [5.74, 6) is 0.379. The largest absolute Gasteiger partial charge is 0.251 e. The van der Waals surface area contributed by atoms with Gasteiger partial charge < -0.3 is 0 Å². The average Bonchev–Trinajstić information content (AvgIpc) is 2.17. The second-order valence-corrected chi connectivity index (χ2v) is 3.91. The van der Waals surface area contributed by atoms with Gasteiger partial charge in [0.1, 0.15) is 16.0 Å². The summed E-state index contributed by atoms with van der Waals surface area (Å²) in [5.41, 5.74) is 0.573. The second kappa shape index (κ2) is 4.31. The molecule has 2 aromatic rings. The Kier molecular flexibility index (Phi) is 3.05. The number of aromatic nitrogens is 3. The number of rotatable bonds is 1. The first-order chi connectivity index (χ1) is 7.15. The number of halogens is 3. The number of pyridine rings is 1. The van der Waals surface area contributed by atoms with Gasteiger partial charge >= 0.3 is 0 Å². The molecule has 0 saturated carbocycles. The lowest BCUT2D eigenvalue weighted by Crippen LogP contribution is -1.92. The summed E-state index contributed by atoms with van der Waals surface area (Å²) in [7, 11) is 0. The summed E-state index contributed by atoms with van der Waals surface area (Å²) >= 11 is 17.2. The maximum absolute atomic E-state index is 5.74. The molecule has 2 rings (SSSR count). The molecule has 0 spiro atoms. The minimum Gasteiger partial charge on any atom is -0.251 e. The molecule has 0 atom stereocenters. The minimum absolute atomic E-state index is 0.279. The SMILES string of the molecule is Clc1ccc(-c2nc(Cl)cc(Cl)n2)nc1. The topological polar surface area (TPSA) is 38.7 Å². The van der Waals surface area contributed by atoms with Crippen molar-refractivity contribution in [1.29, 1.82) is 0 Å². The monoisotopic (exact) mass is 259 g/mol. The molecule has 3 nitrogen and oxygen atoms in total. The molecule has 0 aliphatic rings. The van der Waals surface area contributed by atoms with Crippen molar-refractivity contribution in [2.45, 2.75) is 0 Å². The third kappa shape index (κ3) is 2.56. The van der Waals surface area contributed by atoms with Gasteiger partial charge in [0.25, 0.3) is 0 Å². The lowest BCUT2D eigenvalue weighted by Gasteiger charge is -2.00. The zero-order valence-corrected chi connectivity index (χ0v) is 9.55. The highest BCUT2D eigenvalue weighted by Crippen LogP contribution is 2.19. The van der Waals surface area contributed by atoms with Crippen LogP contribution in [-0.4, -0.2) is 15.0 Å². The molecule has 2 aromatic heterocycles. The van der Waals surface area contributed by atoms with E-state index in [0.29, 0.717) is 16.5 Å². The molecule has 76 valence electrons. The van der Waals surface area contributed by atoms with Gasteiger partial charge in [0, 0.05) is 12.3 Å². The summed E-state index contributed by atoms with van der Waals surface area (Å²) in [6.07, 6.45) is 1.51. The fraction of sp³-hybridized carbons (Fsp3) is 0. The Hall–Kier alpha value is -0.900. The van der Waals surface area contributed by atoms with Crippen LogP contribution < -0.4 is 0 Å². The number of hydrogen-bond acceptors (Lipinski definition) is 3. The maximum atomic E-state index is 5.74. The molecule has 15 heavy (non-hydrogen) atoms. The second-order valence-electron chi connectivity index (χ2n) is 2.70. The Morgan fingerprint density at radius 2 is 1.60 bits per heavy atom. The van der Waals surface area contributed by atoms with Crippen LogP contribution in [0.5, 0.6) is 0 Å². The van der Waals surface area contributed by atoms with Gasteiger partial charge in [0.2, 0.25) is 0 Å². The van der Waals surface area contributed by atoms with Crippen molar-refractivity contribution in [3.05, 3.63) is 39.7 Å². The van der Waals surface area contributed by atoms with Gasteiger partial charge in [-0.25, -0.2) is 9.97 Å². The van der Waals surface area contributed by atoms with E-state index in [1.54, 1.807) is 12.1 Å². The van der Waals surface area contributed by atoms with E-state index in [0.717, 1.165) is 0 Å². The van der Waals surface area contributed by atoms with Crippen LogP contribution in [0.1, 0.15) is 0 Å². The summed E-state index contributed by atoms with van der Waals surface area (Å²) in [5, 5.41) is 1.11. The Labute approximate surface area is 101 Å². The van der Waals surface area contributed by atoms with Crippen molar-refractivity contribution in [1.82, 2.24) is 15.0 Å². The average molecular weight is 261 g/mol. The first kappa shape index (κ1) is 10.6. The lowest BCUT2D eigenvalue weighted by atomic mass is 10.3. The van der Waals surface area contributed by atoms with Crippen LogP contribution in [0.2, 0.25) is 15.3 Å². The van der Waals surface area contributed by atoms with Gasteiger partial charge in [-0.05, 0) is 12.1 Å². The highest BCUT2D eigenvalue weighted by atomic mass is 35.5. The molecular weight excluding hydrogens is 256 g/mol. The molecule has 0 aliphatic heterocycles. The molecule has 0 amide bonds. The van der Waals surface area contributed by atoms with Crippen molar-refractivity contribution >= 4 is 34.8 Å². The van der Waals surface area contributed by atoms with E-state index in [2.05, 4.69) is 15.0 Å². The van der Waals surface area contributed by atoms with Gasteiger partial charge in [-0.3, -0.25) is 4.98 Å². The molecule has 0 saturated heterocycles. The molecular formula is C9H4Cl3N3. The summed E-state index contributed by atoms with van der Waals surface area (Å²) in [4.78, 5) is 12.1. The van der Waals surface area contributed by atoms with E-state index in [-0.39, 0.29) is 10.3 Å². The highest BCUT2D eigenvalue weighted by molar-refractivity contribution is 6.33. The Morgan fingerprint density at radius 1 is 0.933 bits per heavy atom. The first-order valence-corrected chi connectivity index (χ1v) is 5.10. The first-order valence-electron chi connectivity index (χ1n) is 3.97. The Balaban J connectivity index is 2.49. The normalized spacial score (nSPS) is 10.3. The zero-order valence-electron chi connectivity index (χ0n) is 7.28. The fourth-order valence-electron chi connectivity index (χ4n) is 1.01. The molecule has 0 aromatic carbocycles. The molecule has 0 bridgehead atoms. The smallest absolute Gasteiger partial charge is 0.181 e. The summed E-state index contributed by atoms with van der Waals surface area (Å²) in [6, 6.07) is 4.86. The predicted octanol–water partition coefficient (Wildman–Crippen LogP) is 3.50. The third-order valence-electron chi connectivity index (χ3n) is 1.62. The number of hydrogen-bond donors (Lipinski definition) is 0. The molecule has 0 unspecified atom stereocenters. The van der Waals surface area contributed by atoms with E-state index < -0.39 is 0 Å². The van der Waals surface area contributed by atoms with Crippen molar-refractivity contribution in [2.75, 3.05) is 0 Å². The molecule has 0 N–H and O–H groups in total. The van der Waals surface area contributed by atoms with Crippen LogP contribution in [0.15, 0.2) is 24.4 Å². The van der Waals surface area contributed by atoms with Crippen molar-refractivity contribution in [3.63, 3.8) is 0 Å². The molecule has 0 aliphatic carbocycles. The highest BCUT2D eigenvalue weighted by Gasteiger charge is 2.05. The molecule has 6 heteroatoms. The molecule has 0 fully saturated rings. The van der Waals surface area contributed by atoms with Gasteiger partial charge in [0.15, 0.2) is 5.82 Å². The quantitative estimate of drug-likeness (QED) is 0.737. The van der Waals surface area contributed by atoms with Crippen LogP contribution >= 0.6 is 34.8 Å². The van der Waals surface area contributed by atoms with Gasteiger partial charge in [-0.15, -0.1) is 0 Å². The van der Waals surface area contributed by atoms with Crippen LogP contribution in [-0.2, 0) is 0 Å². The Bertz CT molecular complexity index is 464. The van der Waals surface area contributed by atoms with E-state index in [1.165, 1.54) is 12.3 Å². The van der Waals surface area contributed by atoms with Gasteiger partial charge in [0.05, 0.1) is 5.02 Å². The number of nitrogens with zero attached hydrogens (tertiary/aromatic N) is 3. The summed E-state index contributed by atoms with van der Waals surface area (Å²) < 4.78 is 0. The van der Waals surface area contributed by atoms with Crippen molar-refractivity contribution < 1.29 is 0 Å². The summed E-state index contributed by atoms with van der Waals surface area (Å²) in [6.45, 7) is 0. The molecule has 0 radical (unpaired) electrons. The standard InChI is InChI=1S/C9H4Cl3N3/c10-5-1-2-6(13-4-5)9-14-7(11)3-8(12)15-9/h1-4H. The van der Waals surface area contributed by atoms with Crippen LogP contribution in [0, 0.1) is 0 Å². The third-order valence-corrected chi connectivity index (χ3v) is 2.23. The van der Waals surface area contributed by atoms with Crippen LogP contribution in [0.25, 0.3) is 11.5 Å². The van der Waals surface area contributed by atoms with Crippen LogP contribution in [0.4, 0.5) is 0 Å². The van der Waals surface area contributed by atoms with Gasteiger partial charge in [-0.2, -0.15) is 0 Å². The fourth-order valence-corrected chi connectivity index (χ4v) is 1.55. The maximum Gasteiger partial charge on any atom is 0.181 e. The van der Waals surface area contributed by atoms with Crippen molar-refractivity contribution in [2.24, 2.45) is 0 Å². The Morgan fingerprint density at radius 3 is 2.13 bits per heavy atom. The molecule has 2 heterocycles. The van der Waals surface area contributed by atoms with E-state index in [4.69, 9.17) is 34.8 Å². The predicted molar refractivity (Wildman–Crippen MR) is 60.3 cm³/mol. The van der Waals surface area contributed by atoms with E-state index in [1.807, 2.05) is 0 Å². The zero-order chi connectivity index (χ0) is 10.8. The van der Waals surface area contributed by atoms with Crippen molar-refractivity contribution in [3.8, 4) is 11.5 Å². The minimum atomic E-state index is 0.279. The van der Waals surface area contributed by atoms with Gasteiger partial charge in [-0.1, -0.05) is 34.8 Å². The van der Waals surface area contributed by atoms with E-state index >= 15 is 0 Å². The van der Waals surface area contributed by atoms with Crippen LogP contribution in [0.3, 0.4) is 0 Å².